The molecule has 1 rings (SSSR count). The van der Waals surface area contributed by atoms with Gasteiger partial charge in [0, 0.05) is 32.0 Å². The van der Waals surface area contributed by atoms with Crippen molar-refractivity contribution in [3.8, 4) is 0 Å². The van der Waals surface area contributed by atoms with E-state index in [9.17, 15) is 48.3 Å². The number of nitrogens with two attached hydrogens (primary N) is 3. The summed E-state index contributed by atoms with van der Waals surface area (Å²) in [4.78, 5) is 118. The van der Waals surface area contributed by atoms with Crippen molar-refractivity contribution >= 4 is 53.2 Å². The Morgan fingerprint density at radius 3 is 1.90 bits per heavy atom. The van der Waals surface area contributed by atoms with Gasteiger partial charge < -0.3 is 69.2 Å². The number of hydrogen-bond acceptors (Lipinski definition) is 14. The monoisotopic (exact) mass is 741 g/mol. The van der Waals surface area contributed by atoms with Crippen LogP contribution in [0.25, 0.3) is 0 Å². The zero-order valence-corrected chi connectivity index (χ0v) is 28.0. The number of nitrogens with one attached hydrogen (secondary N) is 6. The zero-order chi connectivity index (χ0) is 39.4. The number of carbonyl (C=O) groups is 9. The fourth-order valence-electron chi connectivity index (χ4n) is 4.40. The Morgan fingerprint density at radius 1 is 0.750 bits per heavy atom. The molecule has 0 aromatic carbocycles. The zero-order valence-electron chi connectivity index (χ0n) is 28.0. The molecule has 1 aromatic rings. The molecule has 0 saturated heterocycles. The number of unbranched alkanes of at least 4 members (excludes halogenated alkanes) is 1. The fraction of sp³-hybridized carbons (Fsp3) is 0.552. The molecule has 0 unspecified atom stereocenters. The number of Topliss-reactive ketones (excluding diaryl/α,β-unsaturated/α-hetero) is 1. The molecular formula is C29H45N10O13. The van der Waals surface area contributed by atoms with Crippen LogP contribution in [0, 0.1) is 5.92 Å². The van der Waals surface area contributed by atoms with E-state index in [2.05, 4.69) is 36.6 Å². The molecule has 23 heteroatoms. The van der Waals surface area contributed by atoms with Gasteiger partial charge in [-0.2, -0.15) is 0 Å². The number of amides is 6. The highest BCUT2D eigenvalue weighted by Gasteiger charge is 2.40. The number of primary amides is 1. The third-order valence-electron chi connectivity index (χ3n) is 7.19. The van der Waals surface area contributed by atoms with Crippen molar-refractivity contribution in [2.75, 3.05) is 26.3 Å². The number of carboxylic acids is 2. The normalized spacial score (nSPS) is 13.8. The quantitative estimate of drug-likeness (QED) is 0.0310. The van der Waals surface area contributed by atoms with Crippen LogP contribution in [0.4, 0.5) is 0 Å². The molecule has 0 aliphatic carbocycles. The summed E-state index contributed by atoms with van der Waals surface area (Å²) in [6.45, 7) is -1.89. The molecule has 5 atom stereocenters. The molecule has 0 aliphatic heterocycles. The molecule has 0 fully saturated rings. The lowest BCUT2D eigenvalue weighted by molar-refractivity contribution is -0.147. The van der Waals surface area contributed by atoms with E-state index in [1.807, 2.05) is 0 Å². The van der Waals surface area contributed by atoms with Crippen LogP contribution in [0.3, 0.4) is 0 Å². The topological polar surface area (TPSA) is 401 Å². The minimum atomic E-state index is -1.99. The van der Waals surface area contributed by atoms with Crippen LogP contribution in [0.2, 0.25) is 0 Å². The maximum absolute atomic E-state index is 13.4. The molecule has 0 bridgehead atoms. The van der Waals surface area contributed by atoms with Crippen LogP contribution in [-0.2, 0) is 49.6 Å². The van der Waals surface area contributed by atoms with E-state index in [0.717, 1.165) is 0 Å². The number of carboxylic acid groups (broad SMARTS) is 2. The summed E-state index contributed by atoms with van der Waals surface area (Å²) in [5, 5.41) is 48.5. The second-order valence-electron chi connectivity index (χ2n) is 11.2. The van der Waals surface area contributed by atoms with Gasteiger partial charge in [0.15, 0.2) is 5.78 Å². The number of aromatic nitrogens is 2. The SMILES string of the molecule is NCCCC[C@H](NC(=O)CCNC(=O)[C@H](Cc1c[nH]cn1)NC(=O)[C@H](CCC(N)=O)NC(=O)[C@H](CO)NC(=O)[C@@H](N)CO)C(=O)[C](C(=O)O)C(=O)O. The van der Waals surface area contributed by atoms with Gasteiger partial charge >= 0.3 is 11.9 Å². The number of aromatic amines is 1. The molecule has 0 spiro atoms. The Labute approximate surface area is 296 Å². The Bertz CT molecular complexity index is 1390. The second-order valence-corrected chi connectivity index (χ2v) is 11.2. The molecule has 6 amide bonds. The summed E-state index contributed by atoms with van der Waals surface area (Å²) < 4.78 is 0. The fourth-order valence-corrected chi connectivity index (χ4v) is 4.40. The smallest absolute Gasteiger partial charge is 0.331 e. The van der Waals surface area contributed by atoms with Crippen LogP contribution in [0.1, 0.15) is 44.2 Å². The number of aliphatic hydroxyl groups is 2. The predicted octanol–water partition coefficient (Wildman–Crippen LogP) is -6.58. The van der Waals surface area contributed by atoms with Crippen molar-refractivity contribution in [3.05, 3.63) is 24.1 Å². The summed E-state index contributed by atoms with van der Waals surface area (Å²) >= 11 is 0. The van der Waals surface area contributed by atoms with E-state index in [4.69, 9.17) is 32.5 Å². The maximum Gasteiger partial charge on any atom is 0.331 e. The molecule has 0 aliphatic rings. The van der Waals surface area contributed by atoms with E-state index in [1.165, 1.54) is 12.5 Å². The minimum Gasteiger partial charge on any atom is -0.480 e. The first-order chi connectivity index (χ1) is 24.6. The number of nitrogens with zero attached hydrogens (tertiary/aromatic N) is 1. The van der Waals surface area contributed by atoms with Gasteiger partial charge in [-0.25, -0.2) is 4.98 Å². The average molecular weight is 742 g/mol. The number of H-pyrrole nitrogens is 1. The highest BCUT2D eigenvalue weighted by atomic mass is 16.4. The highest BCUT2D eigenvalue weighted by molar-refractivity contribution is 6.31. The molecule has 1 radical (unpaired) electrons. The number of ketones is 1. The lowest BCUT2D eigenvalue weighted by Crippen LogP contribution is -2.59. The average Bonchev–Trinajstić information content (AvgIpc) is 3.60. The van der Waals surface area contributed by atoms with Crippen LogP contribution in [-0.4, -0.2) is 140 Å². The van der Waals surface area contributed by atoms with Gasteiger partial charge in [-0.1, -0.05) is 0 Å². The number of aliphatic hydroxyl groups excluding tert-OH is 2. The van der Waals surface area contributed by atoms with Crippen LogP contribution >= 0.6 is 0 Å². The first-order valence-corrected chi connectivity index (χ1v) is 15.8. The predicted molar refractivity (Wildman–Crippen MR) is 175 cm³/mol. The summed E-state index contributed by atoms with van der Waals surface area (Å²) in [7, 11) is 0. The largest absolute Gasteiger partial charge is 0.480 e. The second kappa shape index (κ2) is 23.0. The van der Waals surface area contributed by atoms with Crippen LogP contribution in [0.15, 0.2) is 12.5 Å². The highest BCUT2D eigenvalue weighted by Crippen LogP contribution is 2.12. The van der Waals surface area contributed by atoms with Gasteiger partial charge in [0.25, 0.3) is 5.92 Å². The molecule has 1 aromatic heterocycles. The van der Waals surface area contributed by atoms with Crippen molar-refractivity contribution in [3.63, 3.8) is 0 Å². The molecule has 0 saturated carbocycles. The maximum atomic E-state index is 13.4. The molecule has 1 heterocycles. The van der Waals surface area contributed by atoms with Crippen molar-refractivity contribution in [1.82, 2.24) is 36.6 Å². The first kappa shape index (κ1) is 44.5. The first-order valence-electron chi connectivity index (χ1n) is 15.8. The molecule has 52 heavy (non-hydrogen) atoms. The van der Waals surface area contributed by atoms with Gasteiger partial charge in [-0.3, -0.25) is 43.2 Å². The van der Waals surface area contributed by atoms with Gasteiger partial charge in [0.1, 0.15) is 24.2 Å². The van der Waals surface area contributed by atoms with Crippen molar-refractivity contribution in [2.24, 2.45) is 17.2 Å². The lowest BCUT2D eigenvalue weighted by atomic mass is 9.94. The van der Waals surface area contributed by atoms with Crippen molar-refractivity contribution in [2.45, 2.75) is 75.2 Å². The number of aliphatic carboxylic acids is 2. The summed E-state index contributed by atoms with van der Waals surface area (Å²) in [5.74, 6) is -12.4. The Morgan fingerprint density at radius 2 is 1.37 bits per heavy atom. The molecular weight excluding hydrogens is 696 g/mol. The van der Waals surface area contributed by atoms with E-state index >= 15 is 0 Å². The third kappa shape index (κ3) is 15.6. The van der Waals surface area contributed by atoms with E-state index in [1.54, 1.807) is 0 Å². The van der Waals surface area contributed by atoms with Gasteiger partial charge in [-0.15, -0.1) is 0 Å². The van der Waals surface area contributed by atoms with E-state index in [-0.39, 0.29) is 38.8 Å². The number of rotatable bonds is 26. The number of carbonyl (C=O) groups excluding carboxylic acids is 7. The Hall–Kier alpha value is -5.52. The molecule has 23 nitrogen and oxygen atoms in total. The van der Waals surface area contributed by atoms with Gasteiger partial charge in [0.05, 0.1) is 31.3 Å². The van der Waals surface area contributed by atoms with E-state index in [0.29, 0.717) is 12.1 Å². The van der Waals surface area contributed by atoms with Crippen molar-refractivity contribution < 1.29 is 63.6 Å². The summed E-state index contributed by atoms with van der Waals surface area (Å²) in [6.07, 6.45) is 1.74. The van der Waals surface area contributed by atoms with Crippen molar-refractivity contribution in [1.29, 1.82) is 0 Å². The minimum absolute atomic E-state index is 0.120. The third-order valence-corrected chi connectivity index (χ3v) is 7.19. The Balaban J connectivity index is 3.07. The lowest BCUT2D eigenvalue weighted by Gasteiger charge is -2.25. The summed E-state index contributed by atoms with van der Waals surface area (Å²) in [6, 6.07) is -7.51. The van der Waals surface area contributed by atoms with Gasteiger partial charge in [0.2, 0.25) is 35.4 Å². The van der Waals surface area contributed by atoms with Crippen LogP contribution in [0.5, 0.6) is 0 Å². The molecule has 16 N–H and O–H groups in total. The number of hydrogen-bond donors (Lipinski definition) is 13. The van der Waals surface area contributed by atoms with Crippen LogP contribution < -0.4 is 43.8 Å². The summed E-state index contributed by atoms with van der Waals surface area (Å²) in [5.41, 5.74) is 16.4. The number of imidazole rings is 1. The van der Waals surface area contributed by atoms with E-state index < -0.39 is 115 Å². The molecule has 289 valence electrons. The standard InChI is InChI=1S/C29H45N10O13/c30-7-2-1-3-16(23(44)22(28(49)50)29(51)52)36-21(43)6-8-34-25(46)18(9-14-10-33-13-35-14)38-26(47)17(4-5-20(32)42)37-27(48)19(12-41)39-24(45)15(31)11-40/h10,13,15-19,40-41H,1-9,11-12,30-31H2,(H2,32,42)(H,33,35)(H,34,46)(H,36,43)(H,37,48)(H,38,47)(H,39,45)(H,49,50)(H,51,52)/t15-,16-,17-,18-,19-/m0/s1. The van der Waals surface area contributed by atoms with Gasteiger partial charge in [-0.05, 0) is 32.2 Å². The Kier molecular flexibility index (Phi) is 19.7.